The highest BCUT2D eigenvalue weighted by molar-refractivity contribution is 5.95. The molecule has 3 N–H and O–H groups in total. The Labute approximate surface area is 112 Å². The molecule has 1 amide bonds. The molecule has 19 heavy (non-hydrogen) atoms. The van der Waals surface area contributed by atoms with Crippen molar-refractivity contribution in [3.63, 3.8) is 0 Å². The zero-order chi connectivity index (χ0) is 13.7. The molecule has 1 atom stereocenters. The summed E-state index contributed by atoms with van der Waals surface area (Å²) in [6.07, 6.45) is 4.23. The normalized spacial score (nSPS) is 12.1. The summed E-state index contributed by atoms with van der Waals surface area (Å²) >= 11 is 0. The average Bonchev–Trinajstić information content (AvgIpc) is 2.93. The largest absolute Gasteiger partial charge is 0.324 e. The third kappa shape index (κ3) is 3.42. The number of nitrogens with zero attached hydrogens (tertiary/aromatic N) is 2. The second kappa shape index (κ2) is 6.15. The van der Waals surface area contributed by atoms with Crippen molar-refractivity contribution < 1.29 is 4.79 Å². The van der Waals surface area contributed by atoms with Crippen LogP contribution in [0.1, 0.15) is 18.9 Å². The Morgan fingerprint density at radius 3 is 2.89 bits per heavy atom. The van der Waals surface area contributed by atoms with E-state index >= 15 is 0 Å². The summed E-state index contributed by atoms with van der Waals surface area (Å²) < 4.78 is 1.81. The van der Waals surface area contributed by atoms with Crippen LogP contribution in [-0.4, -0.2) is 21.7 Å². The van der Waals surface area contributed by atoms with Crippen LogP contribution in [0.2, 0.25) is 0 Å². The van der Waals surface area contributed by atoms with E-state index in [1.54, 1.807) is 6.20 Å². The van der Waals surface area contributed by atoms with Gasteiger partial charge in [0.15, 0.2) is 0 Å². The van der Waals surface area contributed by atoms with Crippen LogP contribution in [-0.2, 0) is 11.3 Å². The summed E-state index contributed by atoms with van der Waals surface area (Å²) in [5, 5.41) is 7.03. The van der Waals surface area contributed by atoms with Gasteiger partial charge in [0.2, 0.25) is 5.91 Å². The summed E-state index contributed by atoms with van der Waals surface area (Å²) in [7, 11) is 0. The smallest absolute Gasteiger partial charge is 0.241 e. The molecule has 0 aliphatic heterocycles. The van der Waals surface area contributed by atoms with Gasteiger partial charge in [0.25, 0.3) is 0 Å². The highest BCUT2D eigenvalue weighted by Crippen LogP contribution is 2.16. The van der Waals surface area contributed by atoms with Crippen molar-refractivity contribution in [2.24, 2.45) is 5.73 Å². The van der Waals surface area contributed by atoms with Crippen LogP contribution in [0.25, 0.3) is 0 Å². The third-order valence-corrected chi connectivity index (χ3v) is 2.94. The highest BCUT2D eigenvalue weighted by atomic mass is 16.2. The van der Waals surface area contributed by atoms with Gasteiger partial charge in [-0.2, -0.15) is 5.10 Å². The van der Waals surface area contributed by atoms with Crippen molar-refractivity contribution in [3.05, 3.63) is 48.3 Å². The first-order chi connectivity index (χ1) is 9.20. The molecular formula is C14H18N4O. The SMILES string of the molecule is CCC(N)C(=O)Nc1ccccc1Cn1cccn1. The van der Waals surface area contributed by atoms with Crippen LogP contribution in [0, 0.1) is 0 Å². The van der Waals surface area contributed by atoms with E-state index in [9.17, 15) is 4.79 Å². The van der Waals surface area contributed by atoms with E-state index < -0.39 is 6.04 Å². The number of benzene rings is 1. The minimum atomic E-state index is -0.474. The summed E-state index contributed by atoms with van der Waals surface area (Å²) in [5.74, 6) is -0.157. The molecule has 5 nitrogen and oxygen atoms in total. The monoisotopic (exact) mass is 258 g/mol. The lowest BCUT2D eigenvalue weighted by Gasteiger charge is -2.13. The van der Waals surface area contributed by atoms with E-state index in [0.29, 0.717) is 13.0 Å². The predicted molar refractivity (Wildman–Crippen MR) is 74.7 cm³/mol. The van der Waals surface area contributed by atoms with Crippen molar-refractivity contribution in [1.82, 2.24) is 9.78 Å². The van der Waals surface area contributed by atoms with Gasteiger partial charge in [0.05, 0.1) is 12.6 Å². The van der Waals surface area contributed by atoms with Gasteiger partial charge in [-0.05, 0) is 24.1 Å². The van der Waals surface area contributed by atoms with Gasteiger partial charge in [-0.3, -0.25) is 9.48 Å². The lowest BCUT2D eigenvalue weighted by molar-refractivity contribution is -0.117. The van der Waals surface area contributed by atoms with E-state index in [2.05, 4.69) is 10.4 Å². The Balaban J connectivity index is 2.14. The molecule has 0 saturated heterocycles. The average molecular weight is 258 g/mol. The van der Waals surface area contributed by atoms with Crippen molar-refractivity contribution in [1.29, 1.82) is 0 Å². The van der Waals surface area contributed by atoms with Crippen molar-refractivity contribution in [2.45, 2.75) is 25.9 Å². The van der Waals surface area contributed by atoms with Crippen LogP contribution in [0.4, 0.5) is 5.69 Å². The molecular weight excluding hydrogens is 240 g/mol. The number of anilines is 1. The van der Waals surface area contributed by atoms with Gasteiger partial charge in [0.1, 0.15) is 0 Å². The molecule has 0 radical (unpaired) electrons. The molecule has 2 rings (SSSR count). The number of aromatic nitrogens is 2. The maximum absolute atomic E-state index is 11.8. The third-order valence-electron chi connectivity index (χ3n) is 2.94. The topological polar surface area (TPSA) is 72.9 Å². The van der Waals surface area contributed by atoms with E-state index in [1.165, 1.54) is 0 Å². The second-order valence-electron chi connectivity index (χ2n) is 4.36. The zero-order valence-corrected chi connectivity index (χ0v) is 10.9. The van der Waals surface area contributed by atoms with Gasteiger partial charge in [0, 0.05) is 18.1 Å². The number of amides is 1. The maximum atomic E-state index is 11.8. The summed E-state index contributed by atoms with van der Waals surface area (Å²) in [5.41, 5.74) is 7.51. The number of nitrogens with two attached hydrogens (primary N) is 1. The molecule has 0 bridgehead atoms. The summed E-state index contributed by atoms with van der Waals surface area (Å²) in [4.78, 5) is 11.8. The number of para-hydroxylation sites is 1. The van der Waals surface area contributed by atoms with Gasteiger partial charge >= 0.3 is 0 Å². The Bertz CT molecular complexity index is 536. The maximum Gasteiger partial charge on any atom is 0.241 e. The lowest BCUT2D eigenvalue weighted by Crippen LogP contribution is -2.35. The summed E-state index contributed by atoms with van der Waals surface area (Å²) in [6, 6.07) is 9.06. The first-order valence-corrected chi connectivity index (χ1v) is 6.32. The number of carbonyl (C=O) groups is 1. The number of carbonyl (C=O) groups excluding carboxylic acids is 1. The van der Waals surface area contributed by atoms with Crippen LogP contribution in [0.15, 0.2) is 42.7 Å². The fourth-order valence-electron chi connectivity index (χ4n) is 1.76. The van der Waals surface area contributed by atoms with E-state index in [-0.39, 0.29) is 5.91 Å². The van der Waals surface area contributed by atoms with Gasteiger partial charge < -0.3 is 11.1 Å². The molecule has 1 aromatic heterocycles. The van der Waals surface area contributed by atoms with Gasteiger partial charge in [-0.25, -0.2) is 0 Å². The molecule has 5 heteroatoms. The lowest BCUT2D eigenvalue weighted by atomic mass is 10.1. The van der Waals surface area contributed by atoms with Crippen LogP contribution in [0.5, 0.6) is 0 Å². The first-order valence-electron chi connectivity index (χ1n) is 6.32. The molecule has 1 aromatic carbocycles. The summed E-state index contributed by atoms with van der Waals surface area (Å²) in [6.45, 7) is 2.50. The van der Waals surface area contributed by atoms with Crippen LogP contribution < -0.4 is 11.1 Å². The quantitative estimate of drug-likeness (QED) is 0.855. The number of hydrogen-bond donors (Lipinski definition) is 2. The molecule has 0 saturated carbocycles. The zero-order valence-electron chi connectivity index (χ0n) is 10.9. The molecule has 1 unspecified atom stereocenters. The minimum absolute atomic E-state index is 0.157. The fourth-order valence-corrected chi connectivity index (χ4v) is 1.76. The Hall–Kier alpha value is -2.14. The van der Waals surface area contributed by atoms with Gasteiger partial charge in [-0.1, -0.05) is 25.1 Å². The molecule has 0 aliphatic rings. The highest BCUT2D eigenvalue weighted by Gasteiger charge is 2.12. The van der Waals surface area contributed by atoms with E-state index in [0.717, 1.165) is 11.3 Å². The molecule has 0 fully saturated rings. The van der Waals surface area contributed by atoms with Crippen molar-refractivity contribution >= 4 is 11.6 Å². The Kier molecular flexibility index (Phi) is 4.30. The van der Waals surface area contributed by atoms with Crippen LogP contribution >= 0.6 is 0 Å². The predicted octanol–water partition coefficient (Wildman–Crippen LogP) is 1.61. The van der Waals surface area contributed by atoms with Gasteiger partial charge in [-0.15, -0.1) is 0 Å². The number of rotatable bonds is 5. The number of hydrogen-bond acceptors (Lipinski definition) is 3. The van der Waals surface area contributed by atoms with Crippen molar-refractivity contribution in [2.75, 3.05) is 5.32 Å². The molecule has 1 heterocycles. The Morgan fingerprint density at radius 1 is 1.42 bits per heavy atom. The first kappa shape index (κ1) is 13.3. The molecule has 100 valence electrons. The Morgan fingerprint density at radius 2 is 2.21 bits per heavy atom. The standard InChI is InChI=1S/C14H18N4O/c1-2-12(15)14(19)17-13-7-4-3-6-11(13)10-18-9-5-8-16-18/h3-9,12H,2,10,15H2,1H3,(H,17,19). The second-order valence-corrected chi connectivity index (χ2v) is 4.36. The number of nitrogens with one attached hydrogen (secondary N) is 1. The molecule has 0 aliphatic carbocycles. The van der Waals surface area contributed by atoms with E-state index in [4.69, 9.17) is 5.73 Å². The molecule has 0 spiro atoms. The fraction of sp³-hybridized carbons (Fsp3) is 0.286. The molecule has 2 aromatic rings. The minimum Gasteiger partial charge on any atom is -0.324 e. The van der Waals surface area contributed by atoms with Crippen molar-refractivity contribution in [3.8, 4) is 0 Å². The van der Waals surface area contributed by atoms with E-state index in [1.807, 2.05) is 48.1 Å². The van der Waals surface area contributed by atoms with Crippen LogP contribution in [0.3, 0.4) is 0 Å².